The smallest absolute Gasteiger partial charge is 0.233 e. The maximum absolute atomic E-state index is 12.7. The Morgan fingerprint density at radius 1 is 1.24 bits per heavy atom. The lowest BCUT2D eigenvalue weighted by Crippen LogP contribution is -2.43. The number of halogens is 1. The van der Waals surface area contributed by atoms with E-state index in [9.17, 15) is 9.59 Å². The van der Waals surface area contributed by atoms with Crippen molar-refractivity contribution in [3.05, 3.63) is 35.6 Å². The van der Waals surface area contributed by atoms with Gasteiger partial charge in [-0.3, -0.25) is 23.9 Å². The number of carbonyl (C=O) groups excluding carboxylic acids is 2. The molecule has 4 unspecified atom stereocenters. The van der Waals surface area contributed by atoms with Crippen LogP contribution in [-0.4, -0.2) is 52.2 Å². The summed E-state index contributed by atoms with van der Waals surface area (Å²) >= 11 is 1.59. The average molecular weight is 526 g/mol. The summed E-state index contributed by atoms with van der Waals surface area (Å²) in [5, 5.41) is 8.40. The molecule has 3 heterocycles. The number of amides is 2. The van der Waals surface area contributed by atoms with Gasteiger partial charge in [0.1, 0.15) is 0 Å². The summed E-state index contributed by atoms with van der Waals surface area (Å²) in [6.07, 6.45) is 9.15. The minimum absolute atomic E-state index is 0. The van der Waals surface area contributed by atoms with E-state index in [1.54, 1.807) is 18.4 Å². The third kappa shape index (κ3) is 3.45. The molecular formula is C19H23IN6O2S. The molecule has 3 aliphatic rings. The van der Waals surface area contributed by atoms with Gasteiger partial charge in [-0.1, -0.05) is 12.2 Å². The Morgan fingerprint density at radius 3 is 2.62 bits per heavy atom. The van der Waals surface area contributed by atoms with Crippen LogP contribution in [0.25, 0.3) is 4.96 Å². The molecule has 0 aromatic carbocycles. The number of thiazole rings is 1. The Kier molecular flexibility index (Phi) is 5.65. The van der Waals surface area contributed by atoms with E-state index in [0.717, 1.165) is 17.1 Å². The first-order valence-electron chi connectivity index (χ1n) is 9.55. The highest BCUT2D eigenvalue weighted by Crippen LogP contribution is 2.52. The van der Waals surface area contributed by atoms with Gasteiger partial charge in [0.2, 0.25) is 11.8 Å². The number of allylic oxidation sites excluding steroid dienone is 2. The highest BCUT2D eigenvalue weighted by molar-refractivity contribution is 14.0. The van der Waals surface area contributed by atoms with Crippen molar-refractivity contribution in [1.82, 2.24) is 24.9 Å². The third-order valence-electron chi connectivity index (χ3n) is 5.99. The molecule has 2 aromatic heterocycles. The molecule has 2 fully saturated rings. The largest absolute Gasteiger partial charge is 0.355 e. The number of nitrogens with zero attached hydrogens (tertiary/aromatic N) is 4. The molecular weight excluding hydrogens is 503 g/mol. The zero-order valence-corrected chi connectivity index (χ0v) is 19.1. The Balaban J connectivity index is 0.00000205. The van der Waals surface area contributed by atoms with Gasteiger partial charge >= 0.3 is 0 Å². The highest BCUT2D eigenvalue weighted by Gasteiger charge is 2.58. The predicted octanol–water partition coefficient (Wildman–Crippen LogP) is 1.49. The zero-order valence-electron chi connectivity index (χ0n) is 15.9. The molecule has 1 aliphatic heterocycles. The molecule has 4 atom stereocenters. The van der Waals surface area contributed by atoms with E-state index < -0.39 is 0 Å². The van der Waals surface area contributed by atoms with E-state index in [4.69, 9.17) is 0 Å². The fraction of sp³-hybridized carbons (Fsp3) is 0.474. The van der Waals surface area contributed by atoms with Crippen LogP contribution >= 0.6 is 35.3 Å². The molecule has 2 aliphatic carbocycles. The summed E-state index contributed by atoms with van der Waals surface area (Å²) < 4.78 is 1.99. The van der Waals surface area contributed by atoms with Crippen molar-refractivity contribution in [2.45, 2.75) is 13.0 Å². The Labute approximate surface area is 189 Å². The second kappa shape index (κ2) is 8.05. The molecule has 8 nitrogen and oxygen atoms in total. The molecule has 5 rings (SSSR count). The van der Waals surface area contributed by atoms with Crippen LogP contribution in [0.4, 0.5) is 0 Å². The molecule has 0 radical (unpaired) electrons. The summed E-state index contributed by atoms with van der Waals surface area (Å²) in [5.41, 5.74) is 0.926. The van der Waals surface area contributed by atoms with E-state index in [0.29, 0.717) is 25.6 Å². The van der Waals surface area contributed by atoms with Crippen LogP contribution < -0.4 is 10.6 Å². The van der Waals surface area contributed by atoms with Crippen LogP contribution in [0.5, 0.6) is 0 Å². The monoisotopic (exact) mass is 526 g/mol. The van der Waals surface area contributed by atoms with Crippen molar-refractivity contribution in [3.8, 4) is 0 Å². The van der Waals surface area contributed by atoms with Crippen LogP contribution in [0, 0.1) is 23.7 Å². The molecule has 0 spiro atoms. The fourth-order valence-electron chi connectivity index (χ4n) is 4.73. The Hall–Kier alpha value is -1.95. The second-order valence-electron chi connectivity index (χ2n) is 7.51. The number of imidazole rings is 1. The summed E-state index contributed by atoms with van der Waals surface area (Å²) in [6.45, 7) is 1.39. The topological polar surface area (TPSA) is 91.1 Å². The van der Waals surface area contributed by atoms with Gasteiger partial charge in [0.15, 0.2) is 10.9 Å². The van der Waals surface area contributed by atoms with E-state index in [1.807, 2.05) is 22.2 Å². The van der Waals surface area contributed by atoms with Crippen molar-refractivity contribution < 1.29 is 9.59 Å². The zero-order chi connectivity index (χ0) is 19.3. The van der Waals surface area contributed by atoms with Gasteiger partial charge in [0.25, 0.3) is 0 Å². The molecule has 1 saturated carbocycles. The number of aromatic nitrogens is 2. The number of likely N-dealkylation sites (tertiary alicyclic amines) is 1. The number of guanidine groups is 1. The van der Waals surface area contributed by atoms with Crippen LogP contribution in [-0.2, 0) is 16.1 Å². The summed E-state index contributed by atoms with van der Waals surface area (Å²) in [7, 11) is 1.70. The minimum Gasteiger partial charge on any atom is -0.355 e. The normalized spacial score (nSPS) is 27.6. The summed E-state index contributed by atoms with van der Waals surface area (Å²) in [4.78, 5) is 36.5. The van der Waals surface area contributed by atoms with Gasteiger partial charge in [-0.2, -0.15) is 0 Å². The minimum atomic E-state index is -0.130. The number of hydrogen-bond donors (Lipinski definition) is 2. The lowest BCUT2D eigenvalue weighted by atomic mass is 9.85. The lowest BCUT2D eigenvalue weighted by Gasteiger charge is -2.18. The van der Waals surface area contributed by atoms with Gasteiger partial charge < -0.3 is 10.6 Å². The molecule has 154 valence electrons. The number of rotatable bonds is 5. The average Bonchev–Trinajstić information content (AvgIpc) is 3.47. The SMILES string of the molecule is CN=C(NCCN1C(=O)C2C3C=CC(C3)C2C1=O)NCc1cn2ccsc2n1.I. The first kappa shape index (κ1) is 20.3. The number of hydrogen-bond acceptors (Lipinski definition) is 5. The van der Waals surface area contributed by atoms with Crippen LogP contribution in [0.3, 0.4) is 0 Å². The van der Waals surface area contributed by atoms with E-state index in [2.05, 4.69) is 32.8 Å². The van der Waals surface area contributed by atoms with Gasteiger partial charge in [0.05, 0.1) is 24.1 Å². The van der Waals surface area contributed by atoms with E-state index >= 15 is 0 Å². The highest BCUT2D eigenvalue weighted by atomic mass is 127. The Bertz CT molecular complexity index is 939. The summed E-state index contributed by atoms with van der Waals surface area (Å²) in [5.74, 6) is 0.859. The second-order valence-corrected chi connectivity index (χ2v) is 8.38. The number of fused-ring (bicyclic) bond motifs is 6. The lowest BCUT2D eigenvalue weighted by molar-refractivity contribution is -0.140. The van der Waals surface area contributed by atoms with E-state index in [1.165, 1.54) is 4.90 Å². The number of imide groups is 1. The maximum atomic E-state index is 12.7. The molecule has 2 N–H and O–H groups in total. The first-order valence-corrected chi connectivity index (χ1v) is 10.4. The van der Waals surface area contributed by atoms with Crippen molar-refractivity contribution in [1.29, 1.82) is 0 Å². The quantitative estimate of drug-likeness (QED) is 0.203. The van der Waals surface area contributed by atoms with Crippen molar-refractivity contribution >= 4 is 58.0 Å². The van der Waals surface area contributed by atoms with Gasteiger partial charge in [-0.15, -0.1) is 35.3 Å². The molecule has 10 heteroatoms. The standard InChI is InChI=1S/C19H22N6O2S.HI/c1-20-18(22-9-13-10-24-6-7-28-19(24)23-13)21-4-5-25-16(26)14-11-2-3-12(8-11)15(14)17(25)27;/h2-3,6-7,10-12,14-15H,4-5,8-9H2,1H3,(H2,20,21,22);1H. The van der Waals surface area contributed by atoms with E-state index in [-0.39, 0.29) is 59.5 Å². The fourth-order valence-corrected chi connectivity index (χ4v) is 5.45. The molecule has 2 aromatic rings. The first-order chi connectivity index (χ1) is 13.7. The van der Waals surface area contributed by atoms with Crippen LogP contribution in [0.15, 0.2) is 34.9 Å². The van der Waals surface area contributed by atoms with Gasteiger partial charge in [-0.05, 0) is 18.3 Å². The molecule has 1 saturated heterocycles. The number of aliphatic imine (C=N–C) groups is 1. The van der Waals surface area contributed by atoms with Gasteiger partial charge in [-0.25, -0.2) is 4.98 Å². The molecule has 2 amide bonds. The van der Waals surface area contributed by atoms with Crippen LogP contribution in [0.2, 0.25) is 0 Å². The van der Waals surface area contributed by atoms with Crippen molar-refractivity contribution in [2.75, 3.05) is 20.1 Å². The Morgan fingerprint density at radius 2 is 1.97 bits per heavy atom. The van der Waals surface area contributed by atoms with Gasteiger partial charge in [0, 0.05) is 37.9 Å². The number of nitrogens with one attached hydrogen (secondary N) is 2. The third-order valence-corrected chi connectivity index (χ3v) is 6.76. The maximum Gasteiger partial charge on any atom is 0.233 e. The predicted molar refractivity (Wildman–Crippen MR) is 121 cm³/mol. The molecule has 2 bridgehead atoms. The van der Waals surface area contributed by atoms with Crippen molar-refractivity contribution in [3.63, 3.8) is 0 Å². The van der Waals surface area contributed by atoms with Crippen molar-refractivity contribution in [2.24, 2.45) is 28.7 Å². The molecule has 29 heavy (non-hydrogen) atoms. The number of carbonyl (C=O) groups is 2. The van der Waals surface area contributed by atoms with Crippen LogP contribution in [0.1, 0.15) is 12.1 Å². The summed E-state index contributed by atoms with van der Waals surface area (Å²) in [6, 6.07) is 0.